The van der Waals surface area contributed by atoms with E-state index in [-0.39, 0.29) is 17.5 Å². The predicted octanol–water partition coefficient (Wildman–Crippen LogP) is 5.49. The van der Waals surface area contributed by atoms with E-state index < -0.39 is 11.7 Å². The molecule has 0 bridgehead atoms. The summed E-state index contributed by atoms with van der Waals surface area (Å²) >= 11 is 6.08. The van der Waals surface area contributed by atoms with Crippen LogP contribution in [0.15, 0.2) is 60.8 Å². The molecule has 1 aromatic heterocycles. The van der Waals surface area contributed by atoms with Crippen molar-refractivity contribution in [3.8, 4) is 0 Å². The average Bonchev–Trinajstić information content (AvgIpc) is 2.92. The van der Waals surface area contributed by atoms with Gasteiger partial charge in [-0.25, -0.2) is 0 Å². The van der Waals surface area contributed by atoms with E-state index >= 15 is 0 Å². The molecule has 0 unspecified atom stereocenters. The second kappa shape index (κ2) is 11.7. The molecule has 0 aliphatic carbocycles. The Labute approximate surface area is 232 Å². The third kappa shape index (κ3) is 6.80. The van der Waals surface area contributed by atoms with Crippen LogP contribution < -0.4 is 0 Å². The van der Waals surface area contributed by atoms with E-state index in [1.807, 2.05) is 36.5 Å². The van der Waals surface area contributed by atoms with Crippen LogP contribution in [-0.2, 0) is 25.6 Å². The van der Waals surface area contributed by atoms with Crippen LogP contribution >= 0.6 is 11.6 Å². The summed E-state index contributed by atoms with van der Waals surface area (Å²) in [5.41, 5.74) is 3.18. The zero-order valence-corrected chi connectivity index (χ0v) is 22.7. The molecule has 2 aromatic carbocycles. The minimum Gasteiger partial charge on any atom is -0.333 e. The SMILES string of the molecule is Cc1cc(C(=O)N2CCN(CCN3CCc4ncccc4C3)C[C@H]2Cc2ccc(Cl)cc2)cc(C(F)(F)F)c1. The number of carbonyl (C=O) groups is 1. The lowest BCUT2D eigenvalue weighted by atomic mass is 9.99. The molecule has 1 saturated heterocycles. The van der Waals surface area contributed by atoms with Gasteiger partial charge in [-0.3, -0.25) is 19.6 Å². The molecule has 0 spiro atoms. The number of rotatable bonds is 6. The van der Waals surface area contributed by atoms with Crippen molar-refractivity contribution in [3.05, 3.63) is 99.3 Å². The normalized spacial score (nSPS) is 18.7. The van der Waals surface area contributed by atoms with Gasteiger partial charge in [0, 0.05) is 80.8 Å². The monoisotopic (exact) mass is 556 g/mol. The maximum atomic E-state index is 13.6. The fourth-order valence-electron chi connectivity index (χ4n) is 5.59. The standard InChI is InChI=1S/C30H32ClF3N4O/c1-21-15-24(18-25(16-21)30(32,33)34)29(39)38-14-13-37(20-27(38)17-22-4-6-26(31)7-5-22)12-11-36-10-8-28-23(19-36)3-2-9-35-28/h2-7,9,15-16,18,27H,8,10-14,17,19-20H2,1H3/t27-/m1/s1. The second-order valence-electron chi connectivity index (χ2n) is 10.5. The summed E-state index contributed by atoms with van der Waals surface area (Å²) in [4.78, 5) is 24.7. The number of pyridine rings is 1. The Morgan fingerprint density at radius 2 is 1.79 bits per heavy atom. The van der Waals surface area contributed by atoms with E-state index in [1.54, 1.807) is 17.9 Å². The van der Waals surface area contributed by atoms with Gasteiger partial charge in [-0.15, -0.1) is 0 Å². The molecule has 5 rings (SSSR count). The molecule has 1 fully saturated rings. The summed E-state index contributed by atoms with van der Waals surface area (Å²) in [6.07, 6.45) is -1.13. The van der Waals surface area contributed by atoms with Gasteiger partial charge in [-0.1, -0.05) is 29.8 Å². The molecule has 0 N–H and O–H groups in total. The van der Waals surface area contributed by atoms with Crippen LogP contribution in [0.2, 0.25) is 5.02 Å². The number of aromatic nitrogens is 1. The van der Waals surface area contributed by atoms with Crippen LogP contribution in [-0.4, -0.2) is 70.9 Å². The molecule has 3 heterocycles. The number of halogens is 4. The van der Waals surface area contributed by atoms with Crippen molar-refractivity contribution in [1.29, 1.82) is 0 Å². The smallest absolute Gasteiger partial charge is 0.333 e. The molecular formula is C30H32ClF3N4O. The van der Waals surface area contributed by atoms with E-state index in [1.165, 1.54) is 11.3 Å². The van der Waals surface area contributed by atoms with Gasteiger partial charge in [-0.05, 0) is 66.4 Å². The lowest BCUT2D eigenvalue weighted by Gasteiger charge is -2.42. The Kier molecular flexibility index (Phi) is 8.26. The number of nitrogens with zero attached hydrogens (tertiary/aromatic N) is 4. The number of hydrogen-bond donors (Lipinski definition) is 0. The molecule has 9 heteroatoms. The highest BCUT2D eigenvalue weighted by atomic mass is 35.5. The fraction of sp³-hybridized carbons (Fsp3) is 0.400. The van der Waals surface area contributed by atoms with Crippen LogP contribution in [0.5, 0.6) is 0 Å². The Hall–Kier alpha value is -2.94. The first-order chi connectivity index (χ1) is 18.7. The number of carbonyl (C=O) groups excluding carboxylic acids is 1. The van der Waals surface area contributed by atoms with Gasteiger partial charge in [0.1, 0.15) is 0 Å². The minimum absolute atomic E-state index is 0.0810. The fourth-order valence-corrected chi connectivity index (χ4v) is 5.72. The van der Waals surface area contributed by atoms with Crippen LogP contribution in [0.4, 0.5) is 13.2 Å². The van der Waals surface area contributed by atoms with Crippen LogP contribution in [0, 0.1) is 6.92 Å². The molecule has 0 radical (unpaired) electrons. The first-order valence-corrected chi connectivity index (χ1v) is 13.7. The van der Waals surface area contributed by atoms with Crippen molar-refractivity contribution in [3.63, 3.8) is 0 Å². The Bertz CT molecular complexity index is 1310. The molecule has 2 aliphatic heterocycles. The number of aryl methyl sites for hydroxylation is 1. The number of amides is 1. The molecule has 0 saturated carbocycles. The quantitative estimate of drug-likeness (QED) is 0.403. The summed E-state index contributed by atoms with van der Waals surface area (Å²) in [5, 5.41) is 0.634. The summed E-state index contributed by atoms with van der Waals surface area (Å²) in [7, 11) is 0. The molecule has 1 atom stereocenters. The number of fused-ring (bicyclic) bond motifs is 1. The van der Waals surface area contributed by atoms with E-state index in [4.69, 9.17) is 11.6 Å². The maximum Gasteiger partial charge on any atom is 0.416 e. The van der Waals surface area contributed by atoms with Gasteiger partial charge < -0.3 is 4.90 Å². The zero-order chi connectivity index (χ0) is 27.6. The molecule has 3 aromatic rings. The van der Waals surface area contributed by atoms with Crippen molar-refractivity contribution in [2.45, 2.75) is 38.5 Å². The minimum atomic E-state index is -4.51. The third-order valence-electron chi connectivity index (χ3n) is 7.64. The van der Waals surface area contributed by atoms with Crippen LogP contribution in [0.1, 0.15) is 38.3 Å². The number of alkyl halides is 3. The third-order valence-corrected chi connectivity index (χ3v) is 7.89. The van der Waals surface area contributed by atoms with Gasteiger partial charge in [-0.2, -0.15) is 13.2 Å². The van der Waals surface area contributed by atoms with Gasteiger partial charge in [0.25, 0.3) is 5.91 Å². The zero-order valence-electron chi connectivity index (χ0n) is 21.9. The lowest BCUT2D eigenvalue weighted by Crippen LogP contribution is -2.57. The Balaban J connectivity index is 1.30. The maximum absolute atomic E-state index is 13.6. The van der Waals surface area contributed by atoms with Crippen LogP contribution in [0.3, 0.4) is 0 Å². The van der Waals surface area contributed by atoms with Crippen molar-refractivity contribution in [1.82, 2.24) is 19.7 Å². The highest BCUT2D eigenvalue weighted by Gasteiger charge is 2.35. The number of benzene rings is 2. The first kappa shape index (κ1) is 27.6. The topological polar surface area (TPSA) is 39.7 Å². The molecule has 39 heavy (non-hydrogen) atoms. The van der Waals surface area contributed by atoms with E-state index in [0.717, 1.165) is 50.3 Å². The average molecular weight is 557 g/mol. The summed E-state index contributed by atoms with van der Waals surface area (Å²) in [5.74, 6) is -0.358. The van der Waals surface area contributed by atoms with E-state index in [9.17, 15) is 18.0 Å². The van der Waals surface area contributed by atoms with Crippen molar-refractivity contribution < 1.29 is 18.0 Å². The molecule has 5 nitrogen and oxygen atoms in total. The highest BCUT2D eigenvalue weighted by Crippen LogP contribution is 2.31. The van der Waals surface area contributed by atoms with Gasteiger partial charge in [0.15, 0.2) is 0 Å². The van der Waals surface area contributed by atoms with Gasteiger partial charge in [0.2, 0.25) is 0 Å². The summed E-state index contributed by atoms with van der Waals surface area (Å²) in [6.45, 7) is 6.98. The van der Waals surface area contributed by atoms with Crippen molar-refractivity contribution >= 4 is 17.5 Å². The molecule has 1 amide bonds. The van der Waals surface area contributed by atoms with E-state index in [2.05, 4.69) is 20.9 Å². The van der Waals surface area contributed by atoms with Crippen molar-refractivity contribution in [2.75, 3.05) is 39.3 Å². The van der Waals surface area contributed by atoms with Crippen molar-refractivity contribution in [2.24, 2.45) is 0 Å². The van der Waals surface area contributed by atoms with Gasteiger partial charge >= 0.3 is 6.18 Å². The predicted molar refractivity (Wildman–Crippen MR) is 146 cm³/mol. The molecular weight excluding hydrogens is 525 g/mol. The van der Waals surface area contributed by atoms with Crippen LogP contribution in [0.25, 0.3) is 0 Å². The number of hydrogen-bond acceptors (Lipinski definition) is 4. The largest absolute Gasteiger partial charge is 0.416 e. The Morgan fingerprint density at radius 1 is 1.03 bits per heavy atom. The molecule has 206 valence electrons. The highest BCUT2D eigenvalue weighted by molar-refractivity contribution is 6.30. The molecule has 2 aliphatic rings. The number of piperazine rings is 1. The Morgan fingerprint density at radius 3 is 2.56 bits per heavy atom. The first-order valence-electron chi connectivity index (χ1n) is 13.3. The van der Waals surface area contributed by atoms with E-state index in [0.29, 0.717) is 36.6 Å². The van der Waals surface area contributed by atoms with Gasteiger partial charge in [0.05, 0.1) is 5.56 Å². The summed E-state index contributed by atoms with van der Waals surface area (Å²) < 4.78 is 40.4. The lowest BCUT2D eigenvalue weighted by molar-refractivity contribution is -0.137. The second-order valence-corrected chi connectivity index (χ2v) is 10.9. The summed E-state index contributed by atoms with van der Waals surface area (Å²) in [6, 6.07) is 15.1.